The summed E-state index contributed by atoms with van der Waals surface area (Å²) in [5.74, 6) is 0. The second-order valence-electron chi connectivity index (χ2n) is 3.99. The van der Waals surface area contributed by atoms with E-state index in [0.717, 1.165) is 26.2 Å². The van der Waals surface area contributed by atoms with Gasteiger partial charge in [-0.15, -0.1) is 0 Å². The predicted molar refractivity (Wildman–Crippen MR) is 57.1 cm³/mol. The molecule has 2 nitrogen and oxygen atoms in total. The van der Waals surface area contributed by atoms with Crippen molar-refractivity contribution in [2.24, 2.45) is 0 Å². The highest BCUT2D eigenvalue weighted by Gasteiger charge is 2.13. The van der Waals surface area contributed by atoms with Crippen LogP contribution < -0.4 is 0 Å². The van der Waals surface area contributed by atoms with Crippen LogP contribution in [0.15, 0.2) is 0 Å². The maximum atomic E-state index is 5.76. The normalized spacial score (nSPS) is 12.5. The zero-order valence-corrected chi connectivity index (χ0v) is 10.2. The molecule has 3 heteroatoms. The summed E-state index contributed by atoms with van der Waals surface area (Å²) in [7, 11) is -1.28. The highest BCUT2D eigenvalue weighted by atomic mass is 28.4. The molecule has 12 heavy (non-hydrogen) atoms. The van der Waals surface area contributed by atoms with Gasteiger partial charge in [0.25, 0.3) is 0 Å². The van der Waals surface area contributed by atoms with E-state index in [9.17, 15) is 0 Å². The van der Waals surface area contributed by atoms with Gasteiger partial charge < -0.3 is 9.33 Å². The van der Waals surface area contributed by atoms with Gasteiger partial charge in [-0.1, -0.05) is 13.8 Å². The van der Waals surface area contributed by atoms with Crippen LogP contribution in [-0.4, -0.2) is 39.5 Å². The van der Waals surface area contributed by atoms with Crippen molar-refractivity contribution in [1.29, 1.82) is 0 Å². The quantitative estimate of drug-likeness (QED) is 0.594. The van der Waals surface area contributed by atoms with Gasteiger partial charge in [-0.2, -0.15) is 0 Å². The van der Waals surface area contributed by atoms with Crippen LogP contribution in [0.2, 0.25) is 19.6 Å². The average molecular weight is 189 g/mol. The number of hydrogen-bond acceptors (Lipinski definition) is 2. The van der Waals surface area contributed by atoms with Crippen LogP contribution in [0.1, 0.15) is 13.8 Å². The molecular weight excluding hydrogens is 166 g/mol. The molecule has 0 aromatic heterocycles. The maximum absolute atomic E-state index is 5.76. The molecule has 0 N–H and O–H groups in total. The standard InChI is InChI=1S/C9H23NOSi/c1-6-10(7-2)8-9-11-12(3,4)5/h6-9H2,1-5H3. The van der Waals surface area contributed by atoms with Crippen LogP contribution in [0.4, 0.5) is 0 Å². The molecule has 74 valence electrons. The van der Waals surface area contributed by atoms with Gasteiger partial charge in [-0.25, -0.2) is 0 Å². The SMILES string of the molecule is CCN(CC)CCO[Si](C)(C)C. The lowest BCUT2D eigenvalue weighted by atomic mass is 10.5. The van der Waals surface area contributed by atoms with Gasteiger partial charge in [0.2, 0.25) is 0 Å². The lowest BCUT2D eigenvalue weighted by molar-refractivity contribution is 0.219. The first-order valence-corrected chi connectivity index (χ1v) is 8.26. The first-order valence-electron chi connectivity index (χ1n) is 4.86. The van der Waals surface area contributed by atoms with Gasteiger partial charge >= 0.3 is 0 Å². The first-order chi connectivity index (χ1) is 5.49. The van der Waals surface area contributed by atoms with Crippen LogP contribution in [-0.2, 0) is 4.43 Å². The Kier molecular flexibility index (Phi) is 5.79. The van der Waals surface area contributed by atoms with Crippen LogP contribution in [0.25, 0.3) is 0 Å². The minimum atomic E-state index is -1.28. The van der Waals surface area contributed by atoms with Crippen molar-refractivity contribution < 1.29 is 4.43 Å². The molecule has 0 amide bonds. The lowest BCUT2D eigenvalue weighted by Gasteiger charge is -2.22. The molecule has 0 saturated carbocycles. The van der Waals surface area contributed by atoms with Crippen LogP contribution in [0.3, 0.4) is 0 Å². The van der Waals surface area contributed by atoms with Gasteiger partial charge in [0.15, 0.2) is 8.32 Å². The molecule has 0 aliphatic heterocycles. The van der Waals surface area contributed by atoms with Gasteiger partial charge in [-0.3, -0.25) is 0 Å². The monoisotopic (exact) mass is 189 g/mol. The summed E-state index contributed by atoms with van der Waals surface area (Å²) in [5.41, 5.74) is 0. The van der Waals surface area contributed by atoms with Crippen molar-refractivity contribution in [3.8, 4) is 0 Å². The molecule has 0 spiro atoms. The van der Waals surface area contributed by atoms with Crippen LogP contribution in [0.5, 0.6) is 0 Å². The maximum Gasteiger partial charge on any atom is 0.183 e. The highest BCUT2D eigenvalue weighted by molar-refractivity contribution is 6.69. The minimum Gasteiger partial charge on any atom is -0.416 e. The zero-order chi connectivity index (χ0) is 9.61. The molecule has 0 aromatic carbocycles. The number of nitrogens with zero attached hydrogens (tertiary/aromatic N) is 1. The summed E-state index contributed by atoms with van der Waals surface area (Å²) in [6.07, 6.45) is 0. The van der Waals surface area contributed by atoms with Gasteiger partial charge in [-0.05, 0) is 32.7 Å². The van der Waals surface area contributed by atoms with E-state index in [1.165, 1.54) is 0 Å². The van der Waals surface area contributed by atoms with Gasteiger partial charge in [0.05, 0.1) is 0 Å². The van der Waals surface area contributed by atoms with E-state index in [-0.39, 0.29) is 0 Å². The van der Waals surface area contributed by atoms with Gasteiger partial charge in [0, 0.05) is 13.2 Å². The minimum absolute atomic E-state index is 0.900. The summed E-state index contributed by atoms with van der Waals surface area (Å²) in [4.78, 5) is 2.39. The van der Waals surface area contributed by atoms with E-state index >= 15 is 0 Å². The molecule has 0 heterocycles. The molecule has 0 bridgehead atoms. The highest BCUT2D eigenvalue weighted by Crippen LogP contribution is 2.01. The Balaban J connectivity index is 3.41. The molecule has 0 rings (SSSR count). The van der Waals surface area contributed by atoms with Crippen LogP contribution in [0, 0.1) is 0 Å². The second-order valence-corrected chi connectivity index (χ2v) is 8.50. The fourth-order valence-corrected chi connectivity index (χ4v) is 1.72. The number of hydrogen-bond donors (Lipinski definition) is 0. The van der Waals surface area contributed by atoms with E-state index in [0.29, 0.717) is 0 Å². The Morgan fingerprint density at radius 3 is 1.92 bits per heavy atom. The lowest BCUT2D eigenvalue weighted by Crippen LogP contribution is -2.32. The third-order valence-electron chi connectivity index (χ3n) is 1.84. The average Bonchev–Trinajstić information content (AvgIpc) is 1.96. The predicted octanol–water partition coefficient (Wildman–Crippen LogP) is 2.18. The molecule has 0 fully saturated rings. The summed E-state index contributed by atoms with van der Waals surface area (Å²) >= 11 is 0. The van der Waals surface area contributed by atoms with Crippen molar-refractivity contribution in [2.75, 3.05) is 26.2 Å². The summed E-state index contributed by atoms with van der Waals surface area (Å²) in [6.45, 7) is 15.3. The van der Waals surface area contributed by atoms with E-state index < -0.39 is 8.32 Å². The molecule has 0 aromatic rings. The molecule has 0 atom stereocenters. The van der Waals surface area contributed by atoms with Crippen molar-refractivity contribution >= 4 is 8.32 Å². The van der Waals surface area contributed by atoms with Crippen molar-refractivity contribution in [3.05, 3.63) is 0 Å². The Hall–Kier alpha value is 0.137. The Labute approximate surface area is 78.0 Å². The Bertz CT molecular complexity index is 108. The zero-order valence-electron chi connectivity index (χ0n) is 9.18. The van der Waals surface area contributed by atoms with E-state index in [2.05, 4.69) is 38.4 Å². The van der Waals surface area contributed by atoms with Crippen molar-refractivity contribution in [3.63, 3.8) is 0 Å². The number of likely N-dealkylation sites (N-methyl/N-ethyl adjacent to an activating group) is 1. The fraction of sp³-hybridized carbons (Fsp3) is 1.00. The van der Waals surface area contributed by atoms with Crippen molar-refractivity contribution in [1.82, 2.24) is 4.90 Å². The molecule has 0 aliphatic carbocycles. The summed E-state index contributed by atoms with van der Waals surface area (Å²) in [5, 5.41) is 0. The smallest absolute Gasteiger partial charge is 0.183 e. The largest absolute Gasteiger partial charge is 0.416 e. The van der Waals surface area contributed by atoms with E-state index in [1.54, 1.807) is 0 Å². The second kappa shape index (κ2) is 5.73. The molecule has 0 radical (unpaired) electrons. The fourth-order valence-electron chi connectivity index (χ4n) is 1.02. The Morgan fingerprint density at radius 2 is 1.58 bits per heavy atom. The third-order valence-corrected chi connectivity index (χ3v) is 2.91. The molecular formula is C9H23NOSi. The van der Waals surface area contributed by atoms with E-state index in [4.69, 9.17) is 4.43 Å². The topological polar surface area (TPSA) is 12.5 Å². The first kappa shape index (κ1) is 12.1. The molecule has 0 aliphatic rings. The van der Waals surface area contributed by atoms with Crippen LogP contribution >= 0.6 is 0 Å². The summed E-state index contributed by atoms with van der Waals surface area (Å²) in [6, 6.07) is 0. The molecule has 0 unspecified atom stereocenters. The third kappa shape index (κ3) is 6.82. The van der Waals surface area contributed by atoms with E-state index in [1.807, 2.05) is 0 Å². The summed E-state index contributed by atoms with van der Waals surface area (Å²) < 4.78 is 5.76. The van der Waals surface area contributed by atoms with Gasteiger partial charge in [0.1, 0.15) is 0 Å². The molecule has 0 saturated heterocycles. The Morgan fingerprint density at radius 1 is 1.08 bits per heavy atom. The number of rotatable bonds is 6. The van der Waals surface area contributed by atoms with Crippen molar-refractivity contribution in [2.45, 2.75) is 33.5 Å².